The molecule has 0 spiro atoms. The van der Waals surface area contributed by atoms with Crippen LogP contribution >= 0.6 is 12.4 Å². The molecule has 86 valence electrons. The average Bonchev–Trinajstić information content (AvgIpc) is 2.27. The van der Waals surface area contributed by atoms with E-state index in [9.17, 15) is 5.11 Å². The summed E-state index contributed by atoms with van der Waals surface area (Å²) in [5, 5.41) is 9.55. The molecule has 1 rings (SSSR count). The summed E-state index contributed by atoms with van der Waals surface area (Å²) in [6.07, 6.45) is 0.177. The fourth-order valence-corrected chi connectivity index (χ4v) is 1.30. The number of halogens is 1. The average molecular weight is 232 g/mol. The third-order valence-corrected chi connectivity index (χ3v) is 2.33. The van der Waals surface area contributed by atoms with Crippen molar-refractivity contribution in [3.05, 3.63) is 29.8 Å². The van der Waals surface area contributed by atoms with Crippen molar-refractivity contribution in [3.8, 4) is 5.75 Å². The predicted octanol–water partition coefficient (Wildman–Crippen LogP) is 1.89. The summed E-state index contributed by atoms with van der Waals surface area (Å²) in [5.41, 5.74) is 6.78. The first kappa shape index (κ1) is 14.2. The van der Waals surface area contributed by atoms with E-state index in [1.54, 1.807) is 7.11 Å². The lowest BCUT2D eigenvalue weighted by atomic mass is 10.0. The second-order valence-corrected chi connectivity index (χ2v) is 3.27. The molecule has 3 N–H and O–H groups in total. The third-order valence-electron chi connectivity index (χ3n) is 2.33. The standard InChI is InChI=1S/C11H17NO2.ClH/c1-3-10(13)11(12)8-4-6-9(14-2)7-5-8;/h4-7,10-11,13H,3,12H2,1-2H3;1H/t10-,11+;/m0./s1. The first-order chi connectivity index (χ1) is 6.69. The van der Waals surface area contributed by atoms with Gasteiger partial charge in [0.15, 0.2) is 0 Å². The molecule has 0 amide bonds. The van der Waals surface area contributed by atoms with Crippen molar-refractivity contribution in [3.63, 3.8) is 0 Å². The SMILES string of the molecule is CC[C@H](O)[C@H](N)c1ccc(OC)cc1.Cl. The Labute approximate surface area is 96.7 Å². The van der Waals surface area contributed by atoms with Crippen LogP contribution in [0.25, 0.3) is 0 Å². The third kappa shape index (κ3) is 3.70. The first-order valence-corrected chi connectivity index (χ1v) is 4.76. The smallest absolute Gasteiger partial charge is 0.118 e. The van der Waals surface area contributed by atoms with Gasteiger partial charge in [-0.2, -0.15) is 0 Å². The highest BCUT2D eigenvalue weighted by atomic mass is 35.5. The summed E-state index contributed by atoms with van der Waals surface area (Å²) in [5.74, 6) is 0.798. The van der Waals surface area contributed by atoms with Gasteiger partial charge in [-0.05, 0) is 24.1 Å². The lowest BCUT2D eigenvalue weighted by molar-refractivity contribution is 0.140. The Hall–Kier alpha value is -0.770. The summed E-state index contributed by atoms with van der Waals surface area (Å²) in [7, 11) is 1.62. The summed E-state index contributed by atoms with van der Waals surface area (Å²) in [6.45, 7) is 1.91. The molecular formula is C11H18ClNO2. The van der Waals surface area contributed by atoms with E-state index < -0.39 is 6.10 Å². The minimum atomic E-state index is -0.483. The molecule has 0 heterocycles. The Morgan fingerprint density at radius 2 is 1.87 bits per heavy atom. The fourth-order valence-electron chi connectivity index (χ4n) is 1.30. The maximum atomic E-state index is 9.55. The number of nitrogens with two attached hydrogens (primary N) is 1. The van der Waals surface area contributed by atoms with Gasteiger partial charge in [-0.3, -0.25) is 0 Å². The lowest BCUT2D eigenvalue weighted by Gasteiger charge is -2.17. The van der Waals surface area contributed by atoms with Crippen LogP contribution in [0.4, 0.5) is 0 Å². The number of aliphatic hydroxyl groups is 1. The molecule has 0 aliphatic carbocycles. The van der Waals surface area contributed by atoms with E-state index in [1.165, 1.54) is 0 Å². The number of ether oxygens (including phenoxy) is 1. The van der Waals surface area contributed by atoms with Crippen molar-refractivity contribution in [1.82, 2.24) is 0 Å². The molecule has 0 radical (unpaired) electrons. The van der Waals surface area contributed by atoms with Gasteiger partial charge in [0.1, 0.15) is 5.75 Å². The van der Waals surface area contributed by atoms with Crippen LogP contribution in [0.3, 0.4) is 0 Å². The van der Waals surface area contributed by atoms with Crippen molar-refractivity contribution in [1.29, 1.82) is 0 Å². The quantitative estimate of drug-likeness (QED) is 0.832. The molecule has 1 aromatic rings. The molecule has 0 aromatic heterocycles. The minimum Gasteiger partial charge on any atom is -0.497 e. The van der Waals surface area contributed by atoms with Gasteiger partial charge < -0.3 is 15.6 Å². The molecule has 15 heavy (non-hydrogen) atoms. The zero-order chi connectivity index (χ0) is 10.6. The Morgan fingerprint density at radius 3 is 2.27 bits per heavy atom. The van der Waals surface area contributed by atoms with E-state index >= 15 is 0 Å². The monoisotopic (exact) mass is 231 g/mol. The second-order valence-electron chi connectivity index (χ2n) is 3.27. The molecule has 0 aliphatic rings. The van der Waals surface area contributed by atoms with E-state index in [-0.39, 0.29) is 18.4 Å². The van der Waals surface area contributed by atoms with E-state index in [1.807, 2.05) is 31.2 Å². The van der Waals surface area contributed by atoms with Gasteiger partial charge >= 0.3 is 0 Å². The molecule has 0 fully saturated rings. The summed E-state index contributed by atoms with van der Waals surface area (Å²) < 4.78 is 5.03. The molecule has 0 aliphatic heterocycles. The predicted molar refractivity (Wildman–Crippen MR) is 63.5 cm³/mol. The Kier molecular flexibility index (Phi) is 6.32. The Balaban J connectivity index is 0.00000196. The normalized spacial score (nSPS) is 13.9. The van der Waals surface area contributed by atoms with Crippen molar-refractivity contribution in [2.75, 3.05) is 7.11 Å². The van der Waals surface area contributed by atoms with Gasteiger partial charge in [-0.25, -0.2) is 0 Å². The van der Waals surface area contributed by atoms with Crippen LogP contribution in [-0.4, -0.2) is 18.3 Å². The molecular weight excluding hydrogens is 214 g/mol. The zero-order valence-corrected chi connectivity index (χ0v) is 9.83. The zero-order valence-electron chi connectivity index (χ0n) is 9.01. The molecule has 2 atom stereocenters. The van der Waals surface area contributed by atoms with Crippen LogP contribution in [0.15, 0.2) is 24.3 Å². The van der Waals surface area contributed by atoms with Gasteiger partial charge in [0.2, 0.25) is 0 Å². The van der Waals surface area contributed by atoms with E-state index in [0.717, 1.165) is 11.3 Å². The van der Waals surface area contributed by atoms with Gasteiger partial charge in [-0.15, -0.1) is 12.4 Å². The van der Waals surface area contributed by atoms with Crippen LogP contribution in [0, 0.1) is 0 Å². The highest BCUT2D eigenvalue weighted by molar-refractivity contribution is 5.85. The van der Waals surface area contributed by atoms with Crippen molar-refractivity contribution in [2.24, 2.45) is 5.73 Å². The molecule has 3 nitrogen and oxygen atoms in total. The van der Waals surface area contributed by atoms with E-state index in [4.69, 9.17) is 10.5 Å². The molecule has 0 bridgehead atoms. The maximum absolute atomic E-state index is 9.55. The van der Waals surface area contributed by atoms with Crippen LogP contribution in [-0.2, 0) is 0 Å². The van der Waals surface area contributed by atoms with Gasteiger partial charge in [0.05, 0.1) is 19.3 Å². The Morgan fingerprint density at radius 1 is 1.33 bits per heavy atom. The van der Waals surface area contributed by atoms with Gasteiger partial charge in [0, 0.05) is 0 Å². The van der Waals surface area contributed by atoms with Crippen LogP contribution < -0.4 is 10.5 Å². The molecule has 1 aromatic carbocycles. The summed E-state index contributed by atoms with van der Waals surface area (Å²) >= 11 is 0. The minimum absolute atomic E-state index is 0. The fraction of sp³-hybridized carbons (Fsp3) is 0.455. The first-order valence-electron chi connectivity index (χ1n) is 4.76. The highest BCUT2D eigenvalue weighted by Gasteiger charge is 2.14. The van der Waals surface area contributed by atoms with E-state index in [0.29, 0.717) is 6.42 Å². The van der Waals surface area contributed by atoms with Crippen molar-refractivity contribution in [2.45, 2.75) is 25.5 Å². The van der Waals surface area contributed by atoms with Gasteiger partial charge in [0.25, 0.3) is 0 Å². The number of methoxy groups -OCH3 is 1. The van der Waals surface area contributed by atoms with Gasteiger partial charge in [-0.1, -0.05) is 19.1 Å². The summed E-state index contributed by atoms with van der Waals surface area (Å²) in [6, 6.07) is 7.13. The second kappa shape index (κ2) is 6.67. The summed E-state index contributed by atoms with van der Waals surface area (Å²) in [4.78, 5) is 0. The molecule has 0 saturated carbocycles. The number of benzene rings is 1. The van der Waals surface area contributed by atoms with Crippen LogP contribution in [0.5, 0.6) is 5.75 Å². The number of aliphatic hydroxyl groups excluding tert-OH is 1. The Bertz CT molecular complexity index is 276. The number of hydrogen-bond acceptors (Lipinski definition) is 3. The van der Waals surface area contributed by atoms with Crippen molar-refractivity contribution >= 4 is 12.4 Å². The largest absolute Gasteiger partial charge is 0.497 e. The molecule has 0 saturated heterocycles. The highest BCUT2D eigenvalue weighted by Crippen LogP contribution is 2.19. The number of hydrogen-bond donors (Lipinski definition) is 2. The molecule has 4 heteroatoms. The lowest BCUT2D eigenvalue weighted by Crippen LogP contribution is -2.25. The number of rotatable bonds is 4. The van der Waals surface area contributed by atoms with E-state index in [2.05, 4.69) is 0 Å². The van der Waals surface area contributed by atoms with Crippen molar-refractivity contribution < 1.29 is 9.84 Å². The van der Waals surface area contributed by atoms with Crippen LogP contribution in [0.2, 0.25) is 0 Å². The van der Waals surface area contributed by atoms with Crippen LogP contribution in [0.1, 0.15) is 24.9 Å². The molecule has 0 unspecified atom stereocenters. The maximum Gasteiger partial charge on any atom is 0.118 e. The topological polar surface area (TPSA) is 55.5 Å².